The predicted octanol–water partition coefficient (Wildman–Crippen LogP) is 1.39. The molecule has 0 saturated carbocycles. The van der Waals surface area contributed by atoms with E-state index in [9.17, 15) is 19.5 Å². The molecule has 0 saturated heterocycles. The number of benzene rings is 1. The SMILES string of the molecule is O=[N+]([O-])c1ccccc1S(=O)c1cccc[n+]1[O-]. The Morgan fingerprint density at radius 1 is 1.11 bits per heavy atom. The van der Waals surface area contributed by atoms with Crippen molar-refractivity contribution in [3.05, 3.63) is 64.0 Å². The van der Waals surface area contributed by atoms with Crippen molar-refractivity contribution in [1.29, 1.82) is 0 Å². The van der Waals surface area contributed by atoms with Crippen molar-refractivity contribution in [2.45, 2.75) is 9.92 Å². The third-order valence-electron chi connectivity index (χ3n) is 2.24. The van der Waals surface area contributed by atoms with Gasteiger partial charge in [0.1, 0.15) is 4.90 Å². The van der Waals surface area contributed by atoms with Crippen LogP contribution < -0.4 is 4.73 Å². The second kappa shape index (κ2) is 4.92. The van der Waals surface area contributed by atoms with E-state index in [1.165, 1.54) is 42.6 Å². The van der Waals surface area contributed by atoms with Gasteiger partial charge in [-0.2, -0.15) is 4.73 Å². The Morgan fingerprint density at radius 2 is 1.78 bits per heavy atom. The molecule has 1 heterocycles. The van der Waals surface area contributed by atoms with Crippen LogP contribution in [0.1, 0.15) is 0 Å². The monoisotopic (exact) mass is 264 g/mol. The maximum Gasteiger partial charge on any atom is 0.286 e. The predicted molar refractivity (Wildman–Crippen MR) is 63.2 cm³/mol. The summed E-state index contributed by atoms with van der Waals surface area (Å²) < 4.78 is 12.6. The molecule has 0 N–H and O–H groups in total. The molecule has 1 atom stereocenters. The van der Waals surface area contributed by atoms with Gasteiger partial charge < -0.3 is 5.21 Å². The summed E-state index contributed by atoms with van der Waals surface area (Å²) in [5.41, 5.74) is -0.264. The number of aromatic nitrogens is 1. The quantitative estimate of drug-likeness (QED) is 0.363. The summed E-state index contributed by atoms with van der Waals surface area (Å²) in [4.78, 5) is 10.2. The fraction of sp³-hybridized carbons (Fsp3) is 0. The number of nitro benzene ring substituents is 1. The van der Waals surface area contributed by atoms with Crippen molar-refractivity contribution in [3.8, 4) is 0 Å². The van der Waals surface area contributed by atoms with Gasteiger partial charge in [0.05, 0.1) is 4.92 Å². The number of rotatable bonds is 3. The minimum atomic E-state index is -1.88. The molecule has 1 aromatic carbocycles. The van der Waals surface area contributed by atoms with Gasteiger partial charge >= 0.3 is 0 Å². The molecule has 0 fully saturated rings. The molecule has 0 radical (unpaired) electrons. The number of pyridine rings is 1. The number of nitrogens with zero attached hydrogens (tertiary/aromatic N) is 2. The van der Waals surface area contributed by atoms with Crippen LogP contribution in [0.2, 0.25) is 0 Å². The third kappa shape index (κ3) is 2.21. The van der Waals surface area contributed by atoms with E-state index in [2.05, 4.69) is 0 Å². The van der Waals surface area contributed by atoms with E-state index in [1.807, 2.05) is 0 Å². The summed E-state index contributed by atoms with van der Waals surface area (Å²) in [7, 11) is -1.88. The van der Waals surface area contributed by atoms with Crippen LogP contribution in [0.15, 0.2) is 58.6 Å². The van der Waals surface area contributed by atoms with E-state index in [1.54, 1.807) is 6.07 Å². The first kappa shape index (κ1) is 12.2. The minimum absolute atomic E-state index is 0.0123. The van der Waals surface area contributed by atoms with Crippen molar-refractivity contribution < 1.29 is 13.9 Å². The average molecular weight is 264 g/mol. The molecule has 2 rings (SSSR count). The smallest absolute Gasteiger partial charge is 0.286 e. The van der Waals surface area contributed by atoms with Crippen molar-refractivity contribution in [2.75, 3.05) is 0 Å². The normalized spacial score (nSPS) is 12.0. The van der Waals surface area contributed by atoms with Crippen molar-refractivity contribution in [2.24, 2.45) is 0 Å². The van der Waals surface area contributed by atoms with Crippen LogP contribution in [0.5, 0.6) is 0 Å². The highest BCUT2D eigenvalue weighted by atomic mass is 32.2. The molecule has 2 aromatic rings. The fourth-order valence-corrected chi connectivity index (χ4v) is 2.62. The highest BCUT2D eigenvalue weighted by molar-refractivity contribution is 7.85. The van der Waals surface area contributed by atoms with E-state index in [0.717, 1.165) is 0 Å². The fourth-order valence-electron chi connectivity index (χ4n) is 1.43. The molecule has 6 nitrogen and oxygen atoms in total. The van der Waals surface area contributed by atoms with Crippen molar-refractivity contribution in [3.63, 3.8) is 0 Å². The molecule has 0 aliphatic rings. The lowest BCUT2D eigenvalue weighted by molar-refractivity contribution is -0.646. The Hall–Kier alpha value is -2.28. The molecule has 0 aliphatic carbocycles. The maximum absolute atomic E-state index is 12.2. The van der Waals surface area contributed by atoms with Crippen LogP contribution >= 0.6 is 0 Å². The number of hydrogen-bond acceptors (Lipinski definition) is 4. The number of hydrogen-bond donors (Lipinski definition) is 0. The van der Waals surface area contributed by atoms with E-state index in [-0.39, 0.29) is 15.6 Å². The van der Waals surface area contributed by atoms with Gasteiger partial charge in [0.2, 0.25) is 0 Å². The van der Waals surface area contributed by atoms with Gasteiger partial charge in [0, 0.05) is 18.2 Å². The Bertz CT molecular complexity index is 630. The second-order valence-electron chi connectivity index (χ2n) is 3.36. The Morgan fingerprint density at radius 3 is 2.44 bits per heavy atom. The molecule has 18 heavy (non-hydrogen) atoms. The van der Waals surface area contributed by atoms with Gasteiger partial charge in [-0.1, -0.05) is 12.1 Å². The summed E-state index contributed by atoms with van der Waals surface area (Å²) >= 11 is 0. The molecule has 0 aliphatic heterocycles. The zero-order chi connectivity index (χ0) is 13.1. The van der Waals surface area contributed by atoms with Crippen LogP contribution in [0.3, 0.4) is 0 Å². The summed E-state index contributed by atoms with van der Waals surface area (Å²) in [5, 5.41) is 22.3. The van der Waals surface area contributed by atoms with Gasteiger partial charge in [-0.15, -0.1) is 0 Å². The first-order valence-electron chi connectivity index (χ1n) is 4.94. The molecule has 0 bridgehead atoms. The molecule has 1 aromatic heterocycles. The molecular formula is C11H8N2O4S. The largest absolute Gasteiger partial charge is 0.618 e. The number of para-hydroxylation sites is 1. The van der Waals surface area contributed by atoms with Crippen LogP contribution in [0.4, 0.5) is 5.69 Å². The molecule has 0 amide bonds. The Kier molecular flexibility index (Phi) is 3.33. The third-order valence-corrected chi connectivity index (χ3v) is 3.68. The van der Waals surface area contributed by atoms with E-state index < -0.39 is 15.7 Å². The van der Waals surface area contributed by atoms with E-state index in [4.69, 9.17) is 0 Å². The summed E-state index contributed by atoms with van der Waals surface area (Å²) in [6.07, 6.45) is 1.20. The molecule has 92 valence electrons. The van der Waals surface area contributed by atoms with Crippen molar-refractivity contribution in [1.82, 2.24) is 0 Å². The first-order valence-corrected chi connectivity index (χ1v) is 6.09. The highest BCUT2D eigenvalue weighted by Crippen LogP contribution is 2.24. The van der Waals surface area contributed by atoms with E-state index >= 15 is 0 Å². The molecular weight excluding hydrogens is 256 g/mol. The maximum atomic E-state index is 12.2. The lowest BCUT2D eigenvalue weighted by Crippen LogP contribution is -2.31. The Labute approximate surface area is 105 Å². The first-order chi connectivity index (χ1) is 8.61. The van der Waals surface area contributed by atoms with Crippen molar-refractivity contribution >= 4 is 16.5 Å². The van der Waals surface area contributed by atoms with Crippen LogP contribution in [0.25, 0.3) is 0 Å². The molecule has 0 spiro atoms. The van der Waals surface area contributed by atoms with Crippen LogP contribution in [-0.4, -0.2) is 9.13 Å². The van der Waals surface area contributed by atoms with Gasteiger partial charge in [-0.3, -0.25) is 10.1 Å². The topological polar surface area (TPSA) is 87.2 Å². The second-order valence-corrected chi connectivity index (χ2v) is 4.75. The van der Waals surface area contributed by atoms with Gasteiger partial charge in [-0.05, 0) is 12.1 Å². The van der Waals surface area contributed by atoms with Crippen LogP contribution in [-0.2, 0) is 10.8 Å². The standard InChI is InChI=1S/C11H8N2O4S/c14-12-8-4-3-7-11(12)18(17)10-6-2-1-5-9(10)13(15)16/h1-8H. The zero-order valence-corrected chi connectivity index (χ0v) is 9.87. The van der Waals surface area contributed by atoms with Gasteiger partial charge in [-0.25, -0.2) is 4.21 Å². The van der Waals surface area contributed by atoms with E-state index in [0.29, 0.717) is 4.73 Å². The Balaban J connectivity index is 2.54. The van der Waals surface area contributed by atoms with Crippen LogP contribution in [0, 0.1) is 15.3 Å². The summed E-state index contributed by atoms with van der Waals surface area (Å²) in [6.45, 7) is 0. The molecule has 7 heteroatoms. The lowest BCUT2D eigenvalue weighted by atomic mass is 10.3. The lowest BCUT2D eigenvalue weighted by Gasteiger charge is -2.04. The average Bonchev–Trinajstić information content (AvgIpc) is 2.38. The minimum Gasteiger partial charge on any atom is -0.618 e. The summed E-state index contributed by atoms with van der Waals surface area (Å²) in [5.74, 6) is 0. The zero-order valence-electron chi connectivity index (χ0n) is 9.05. The number of nitro groups is 1. The van der Waals surface area contributed by atoms with Gasteiger partial charge in [0.15, 0.2) is 17.0 Å². The highest BCUT2D eigenvalue weighted by Gasteiger charge is 2.24. The molecule has 1 unspecified atom stereocenters. The summed E-state index contributed by atoms with van der Waals surface area (Å²) in [6, 6.07) is 10.1. The van der Waals surface area contributed by atoms with Gasteiger partial charge in [0.25, 0.3) is 10.7 Å².